The molecule has 0 aliphatic rings. The summed E-state index contributed by atoms with van der Waals surface area (Å²) in [6.07, 6.45) is 0.825. The number of hydrogen-bond acceptors (Lipinski definition) is 2. The van der Waals surface area contributed by atoms with Crippen molar-refractivity contribution >= 4 is 29.2 Å². The van der Waals surface area contributed by atoms with Crippen molar-refractivity contribution in [3.8, 4) is 0 Å². The van der Waals surface area contributed by atoms with E-state index < -0.39 is 11.8 Å². The predicted octanol–water partition coefficient (Wildman–Crippen LogP) is 2.13. The molecule has 7 heteroatoms. The summed E-state index contributed by atoms with van der Waals surface area (Å²) in [5.74, 6) is -0.833. The van der Waals surface area contributed by atoms with Gasteiger partial charge in [0.25, 0.3) is 0 Å². The van der Waals surface area contributed by atoms with Crippen LogP contribution >= 0.6 is 11.6 Å². The van der Waals surface area contributed by atoms with Crippen molar-refractivity contribution in [3.05, 3.63) is 29.0 Å². The highest BCUT2D eigenvalue weighted by Gasteiger charge is 2.06. The first-order valence-corrected chi connectivity index (χ1v) is 6.17. The first-order chi connectivity index (χ1) is 9.02. The van der Waals surface area contributed by atoms with Gasteiger partial charge < -0.3 is 16.0 Å². The molecule has 0 saturated heterocycles. The van der Waals surface area contributed by atoms with E-state index in [1.165, 1.54) is 12.1 Å². The van der Waals surface area contributed by atoms with Crippen LogP contribution < -0.4 is 16.0 Å². The maximum Gasteiger partial charge on any atom is 0.319 e. The number of carbonyl (C=O) groups is 2. The summed E-state index contributed by atoms with van der Waals surface area (Å²) in [6, 6.07) is 3.24. The zero-order valence-electron chi connectivity index (χ0n) is 10.4. The van der Waals surface area contributed by atoms with Crippen LogP contribution in [0.3, 0.4) is 0 Å². The van der Waals surface area contributed by atoms with E-state index in [0.29, 0.717) is 12.2 Å². The molecule has 0 spiro atoms. The summed E-state index contributed by atoms with van der Waals surface area (Å²) in [5, 5.41) is 7.35. The maximum atomic E-state index is 12.9. The summed E-state index contributed by atoms with van der Waals surface area (Å²) >= 11 is 5.57. The number of nitrogens with one attached hydrogen (secondary N) is 3. The molecule has 0 bridgehead atoms. The molecule has 0 heterocycles. The van der Waals surface area contributed by atoms with Gasteiger partial charge in [0.05, 0.1) is 11.6 Å². The lowest BCUT2D eigenvalue weighted by atomic mass is 10.3. The van der Waals surface area contributed by atoms with E-state index in [1.807, 2.05) is 6.92 Å². The molecule has 0 fully saturated rings. The largest absolute Gasteiger partial charge is 0.355 e. The van der Waals surface area contributed by atoms with Crippen molar-refractivity contribution in [3.63, 3.8) is 0 Å². The lowest BCUT2D eigenvalue weighted by Gasteiger charge is -2.08. The first-order valence-electron chi connectivity index (χ1n) is 5.79. The molecule has 104 valence electrons. The summed E-state index contributed by atoms with van der Waals surface area (Å²) < 4.78 is 12.9. The zero-order valence-corrected chi connectivity index (χ0v) is 11.2. The number of benzene rings is 1. The minimum Gasteiger partial charge on any atom is -0.355 e. The van der Waals surface area contributed by atoms with Crippen LogP contribution in [-0.4, -0.2) is 25.0 Å². The molecular weight excluding hydrogens is 273 g/mol. The number of rotatable bonds is 5. The number of carbonyl (C=O) groups excluding carboxylic acids is 2. The molecule has 1 aromatic carbocycles. The Labute approximate surface area is 115 Å². The van der Waals surface area contributed by atoms with Crippen molar-refractivity contribution in [1.29, 1.82) is 0 Å². The molecule has 0 atom stereocenters. The molecule has 0 aliphatic heterocycles. The Bertz CT molecular complexity index is 468. The zero-order chi connectivity index (χ0) is 14.3. The third kappa shape index (κ3) is 5.56. The third-order valence-electron chi connectivity index (χ3n) is 2.16. The molecular formula is C12H15ClFN3O2. The molecule has 0 radical (unpaired) electrons. The standard InChI is InChI=1S/C12H15ClFN3O2/c1-2-5-15-11(18)7-16-12(19)17-8-3-4-10(14)9(13)6-8/h3-4,6H,2,5,7H2,1H3,(H,15,18)(H2,16,17,19). The van der Waals surface area contributed by atoms with Gasteiger partial charge in [0.15, 0.2) is 0 Å². The maximum absolute atomic E-state index is 12.9. The van der Waals surface area contributed by atoms with Crippen LogP contribution in [0.1, 0.15) is 13.3 Å². The number of halogens is 2. The fraction of sp³-hybridized carbons (Fsp3) is 0.333. The highest BCUT2D eigenvalue weighted by atomic mass is 35.5. The second-order valence-electron chi connectivity index (χ2n) is 3.79. The number of amides is 3. The Morgan fingerprint density at radius 3 is 2.68 bits per heavy atom. The Morgan fingerprint density at radius 2 is 2.05 bits per heavy atom. The minimum atomic E-state index is -0.563. The van der Waals surface area contributed by atoms with Crippen LogP contribution in [0.5, 0.6) is 0 Å². The average Bonchev–Trinajstić information content (AvgIpc) is 2.38. The molecule has 3 amide bonds. The van der Waals surface area contributed by atoms with Gasteiger partial charge in [0.2, 0.25) is 5.91 Å². The lowest BCUT2D eigenvalue weighted by Crippen LogP contribution is -2.39. The van der Waals surface area contributed by atoms with Gasteiger partial charge in [-0.3, -0.25) is 4.79 Å². The summed E-state index contributed by atoms with van der Waals surface area (Å²) in [4.78, 5) is 22.7. The summed E-state index contributed by atoms with van der Waals surface area (Å²) in [6.45, 7) is 2.37. The molecule has 19 heavy (non-hydrogen) atoms. The van der Waals surface area contributed by atoms with Crippen LogP contribution in [0.2, 0.25) is 5.02 Å². The quantitative estimate of drug-likeness (QED) is 0.776. The van der Waals surface area contributed by atoms with Crippen molar-refractivity contribution < 1.29 is 14.0 Å². The third-order valence-corrected chi connectivity index (χ3v) is 2.45. The highest BCUT2D eigenvalue weighted by Crippen LogP contribution is 2.18. The van der Waals surface area contributed by atoms with Crippen LogP contribution in [-0.2, 0) is 4.79 Å². The van der Waals surface area contributed by atoms with Gasteiger partial charge in [0.1, 0.15) is 5.82 Å². The van der Waals surface area contributed by atoms with Crippen molar-refractivity contribution in [1.82, 2.24) is 10.6 Å². The SMILES string of the molecule is CCCNC(=O)CNC(=O)Nc1ccc(F)c(Cl)c1. The van der Waals surface area contributed by atoms with Crippen molar-refractivity contribution in [2.45, 2.75) is 13.3 Å². The van der Waals surface area contributed by atoms with E-state index in [1.54, 1.807) is 0 Å². The van der Waals surface area contributed by atoms with E-state index in [0.717, 1.165) is 12.5 Å². The van der Waals surface area contributed by atoms with Gasteiger partial charge in [0, 0.05) is 12.2 Å². The minimum absolute atomic E-state index is 0.0847. The topological polar surface area (TPSA) is 70.2 Å². The van der Waals surface area contributed by atoms with E-state index in [9.17, 15) is 14.0 Å². The van der Waals surface area contributed by atoms with Crippen LogP contribution in [0.4, 0.5) is 14.9 Å². The van der Waals surface area contributed by atoms with Gasteiger partial charge in [-0.1, -0.05) is 18.5 Å². The van der Waals surface area contributed by atoms with Gasteiger partial charge in [-0.15, -0.1) is 0 Å². The second kappa shape index (κ2) is 7.58. The van der Waals surface area contributed by atoms with Gasteiger partial charge >= 0.3 is 6.03 Å². The van der Waals surface area contributed by atoms with Gasteiger partial charge in [-0.25, -0.2) is 9.18 Å². The highest BCUT2D eigenvalue weighted by molar-refractivity contribution is 6.31. The molecule has 0 unspecified atom stereocenters. The van der Waals surface area contributed by atoms with E-state index >= 15 is 0 Å². The van der Waals surface area contributed by atoms with Crippen molar-refractivity contribution in [2.75, 3.05) is 18.4 Å². The fourth-order valence-electron chi connectivity index (χ4n) is 1.24. The number of urea groups is 1. The molecule has 1 rings (SSSR count). The Morgan fingerprint density at radius 1 is 1.32 bits per heavy atom. The van der Waals surface area contributed by atoms with E-state index in [-0.39, 0.29) is 17.5 Å². The average molecular weight is 288 g/mol. The van der Waals surface area contributed by atoms with Crippen LogP contribution in [0, 0.1) is 5.82 Å². The lowest BCUT2D eigenvalue weighted by molar-refractivity contribution is -0.120. The fourth-order valence-corrected chi connectivity index (χ4v) is 1.42. The second-order valence-corrected chi connectivity index (χ2v) is 4.19. The Kier molecular flexibility index (Phi) is 6.08. The van der Waals surface area contributed by atoms with Crippen LogP contribution in [0.15, 0.2) is 18.2 Å². The molecule has 5 nitrogen and oxygen atoms in total. The Hall–Kier alpha value is -1.82. The van der Waals surface area contributed by atoms with Crippen LogP contribution in [0.25, 0.3) is 0 Å². The normalized spacial score (nSPS) is 9.84. The monoisotopic (exact) mass is 287 g/mol. The molecule has 0 aromatic heterocycles. The molecule has 0 saturated carbocycles. The molecule has 0 aliphatic carbocycles. The summed E-state index contributed by atoms with van der Waals surface area (Å²) in [7, 11) is 0. The number of anilines is 1. The number of hydrogen-bond donors (Lipinski definition) is 3. The smallest absolute Gasteiger partial charge is 0.319 e. The Balaban J connectivity index is 2.38. The predicted molar refractivity (Wildman–Crippen MR) is 71.7 cm³/mol. The molecule has 3 N–H and O–H groups in total. The first kappa shape index (κ1) is 15.2. The van der Waals surface area contributed by atoms with E-state index in [4.69, 9.17) is 11.6 Å². The van der Waals surface area contributed by atoms with E-state index in [2.05, 4.69) is 16.0 Å². The van der Waals surface area contributed by atoms with Crippen molar-refractivity contribution in [2.24, 2.45) is 0 Å². The molecule has 1 aromatic rings. The van der Waals surface area contributed by atoms with Gasteiger partial charge in [-0.2, -0.15) is 0 Å². The summed E-state index contributed by atoms with van der Waals surface area (Å²) in [5.41, 5.74) is 0.345. The van der Waals surface area contributed by atoms with Gasteiger partial charge in [-0.05, 0) is 24.6 Å².